The Morgan fingerprint density at radius 1 is 1.18 bits per heavy atom. The van der Waals surface area contributed by atoms with Gasteiger partial charge in [0.05, 0.1) is 29.3 Å². The highest BCUT2D eigenvalue weighted by atomic mass is 35.5. The summed E-state index contributed by atoms with van der Waals surface area (Å²) in [5, 5.41) is 18.8. The highest BCUT2D eigenvalue weighted by Gasteiger charge is 2.18. The van der Waals surface area contributed by atoms with Gasteiger partial charge in [-0.15, -0.1) is 10.2 Å². The average molecular weight is 527 g/mol. The fourth-order valence-electron chi connectivity index (χ4n) is 2.77. The van der Waals surface area contributed by atoms with Crippen molar-refractivity contribution in [3.8, 4) is 38.7 Å². The van der Waals surface area contributed by atoms with Gasteiger partial charge in [0.15, 0.2) is 11.6 Å². The molecule has 0 fully saturated rings. The maximum Gasteiger partial charge on any atom is 0.327 e. The van der Waals surface area contributed by atoms with Crippen molar-refractivity contribution < 1.29 is 28.2 Å². The van der Waals surface area contributed by atoms with Gasteiger partial charge in [0, 0.05) is 17.2 Å². The van der Waals surface area contributed by atoms with Crippen LogP contribution < -0.4 is 15.2 Å². The molecular weight excluding hydrogens is 506 g/mol. The molecule has 1 aromatic heterocycles. The Balaban J connectivity index is 1.78. The molecule has 2 aromatic carbocycles. The van der Waals surface area contributed by atoms with E-state index in [1.165, 1.54) is 23.5 Å². The maximum absolute atomic E-state index is 14.6. The van der Waals surface area contributed by atoms with Crippen LogP contribution in [0.5, 0.6) is 11.5 Å². The minimum atomic E-state index is -2.53. The highest BCUT2D eigenvalue weighted by molar-refractivity contribution is 7.39. The third-order valence-corrected chi connectivity index (χ3v) is 5.94. The monoisotopic (exact) mass is 526 g/mol. The Labute approximate surface area is 205 Å². The SMILES string of the molecule is CC(C)Oc1ccc(-c2nnc(-c3cc(F)c(OCC(N)COP(O)O)cc3Cl)s2)cc1C#N. The van der Waals surface area contributed by atoms with Gasteiger partial charge in [-0.2, -0.15) is 5.26 Å². The molecule has 13 heteroatoms. The molecule has 34 heavy (non-hydrogen) atoms. The van der Waals surface area contributed by atoms with Crippen molar-refractivity contribution in [2.45, 2.75) is 26.0 Å². The zero-order valence-electron chi connectivity index (χ0n) is 18.1. The second-order valence-electron chi connectivity index (χ2n) is 7.28. The lowest BCUT2D eigenvalue weighted by Crippen LogP contribution is -2.32. The van der Waals surface area contributed by atoms with Crippen LogP contribution in [0.4, 0.5) is 4.39 Å². The van der Waals surface area contributed by atoms with Crippen LogP contribution in [-0.4, -0.2) is 45.3 Å². The summed E-state index contributed by atoms with van der Waals surface area (Å²) in [4.78, 5) is 17.5. The molecule has 0 spiro atoms. The number of ether oxygens (including phenoxy) is 2. The first kappa shape index (κ1) is 26.2. The number of nitrogens with two attached hydrogens (primary N) is 1. The number of rotatable bonds is 10. The zero-order chi connectivity index (χ0) is 24.8. The van der Waals surface area contributed by atoms with E-state index in [0.29, 0.717) is 32.5 Å². The van der Waals surface area contributed by atoms with Gasteiger partial charge >= 0.3 is 8.60 Å². The summed E-state index contributed by atoms with van der Waals surface area (Å²) in [7, 11) is -2.53. The van der Waals surface area contributed by atoms with E-state index in [9.17, 15) is 9.65 Å². The van der Waals surface area contributed by atoms with Crippen LogP contribution in [0.25, 0.3) is 21.1 Å². The van der Waals surface area contributed by atoms with Crippen molar-refractivity contribution in [3.63, 3.8) is 0 Å². The Hall–Kier alpha value is -2.42. The van der Waals surface area contributed by atoms with Crippen molar-refractivity contribution >= 4 is 31.5 Å². The van der Waals surface area contributed by atoms with Gasteiger partial charge in [-0.05, 0) is 38.1 Å². The van der Waals surface area contributed by atoms with Gasteiger partial charge in [0.2, 0.25) is 0 Å². The van der Waals surface area contributed by atoms with Crippen molar-refractivity contribution in [1.29, 1.82) is 5.26 Å². The summed E-state index contributed by atoms with van der Waals surface area (Å²) in [6.45, 7) is 3.45. The summed E-state index contributed by atoms with van der Waals surface area (Å²) in [6, 6.07) is 9.02. The van der Waals surface area contributed by atoms with Crippen LogP contribution in [0.3, 0.4) is 0 Å². The van der Waals surface area contributed by atoms with Gasteiger partial charge in [-0.25, -0.2) is 4.39 Å². The minimum Gasteiger partial charge on any atom is -0.490 e. The first-order chi connectivity index (χ1) is 16.2. The second kappa shape index (κ2) is 11.8. The molecule has 0 amide bonds. The second-order valence-corrected chi connectivity index (χ2v) is 9.43. The molecule has 1 atom stereocenters. The molecule has 3 aromatic rings. The van der Waals surface area contributed by atoms with Crippen molar-refractivity contribution in [1.82, 2.24) is 10.2 Å². The van der Waals surface area contributed by atoms with Crippen molar-refractivity contribution in [3.05, 3.63) is 46.7 Å². The standard InChI is InChI=1S/C21H21ClFN4O5PS/c1-11(2)32-18-4-3-12(5-13(18)8-24)20-26-27-21(34-20)15-6-17(23)19(7-16(15)22)30-9-14(25)10-31-33(28)29/h3-7,11,14,28-29H,9-10,25H2,1-2H3. The summed E-state index contributed by atoms with van der Waals surface area (Å²) in [6.07, 6.45) is -0.0756. The quantitative estimate of drug-likeness (QED) is 0.330. The lowest BCUT2D eigenvalue weighted by Gasteiger charge is -2.14. The molecule has 4 N–H and O–H groups in total. The van der Waals surface area contributed by atoms with Crippen LogP contribution in [0.1, 0.15) is 19.4 Å². The molecule has 9 nitrogen and oxygen atoms in total. The number of nitrogens with zero attached hydrogens (tertiary/aromatic N) is 3. The molecular formula is C21H21ClFN4O5PS. The van der Waals surface area contributed by atoms with Crippen LogP contribution in [-0.2, 0) is 4.52 Å². The Bertz CT molecular complexity index is 1190. The summed E-state index contributed by atoms with van der Waals surface area (Å²) in [5.74, 6) is -0.326. The largest absolute Gasteiger partial charge is 0.490 e. The molecule has 180 valence electrons. The molecule has 0 aliphatic carbocycles. The van der Waals surface area contributed by atoms with Gasteiger partial charge in [0.25, 0.3) is 0 Å². The highest BCUT2D eigenvalue weighted by Crippen LogP contribution is 2.38. The minimum absolute atomic E-state index is 0.0756. The van der Waals surface area contributed by atoms with Gasteiger partial charge < -0.3 is 29.5 Å². The smallest absolute Gasteiger partial charge is 0.327 e. The molecule has 0 aliphatic rings. The van der Waals surface area contributed by atoms with E-state index in [1.54, 1.807) is 18.2 Å². The predicted octanol–water partition coefficient (Wildman–Crippen LogP) is 4.26. The number of halogens is 2. The lowest BCUT2D eigenvalue weighted by atomic mass is 10.1. The van der Waals surface area contributed by atoms with Crippen LogP contribution >= 0.6 is 31.5 Å². The fraction of sp³-hybridized carbons (Fsp3) is 0.286. The number of aromatic nitrogens is 2. The Kier molecular flexibility index (Phi) is 9.10. The van der Waals surface area contributed by atoms with Gasteiger partial charge in [-0.3, -0.25) is 0 Å². The Morgan fingerprint density at radius 2 is 1.91 bits per heavy atom. The van der Waals surface area contributed by atoms with E-state index in [2.05, 4.69) is 20.8 Å². The van der Waals surface area contributed by atoms with Crippen molar-refractivity contribution in [2.75, 3.05) is 13.2 Å². The maximum atomic E-state index is 14.6. The van der Waals surface area contributed by atoms with Crippen LogP contribution in [0, 0.1) is 17.1 Å². The lowest BCUT2D eigenvalue weighted by molar-refractivity contribution is 0.196. The fourth-order valence-corrected chi connectivity index (χ4v) is 4.26. The third kappa shape index (κ3) is 6.81. The van der Waals surface area contributed by atoms with E-state index in [1.807, 2.05) is 13.8 Å². The van der Waals surface area contributed by atoms with Crippen molar-refractivity contribution in [2.24, 2.45) is 5.73 Å². The zero-order valence-corrected chi connectivity index (χ0v) is 20.6. The molecule has 0 saturated carbocycles. The molecule has 0 bridgehead atoms. The normalized spacial score (nSPS) is 12.1. The molecule has 1 unspecified atom stereocenters. The third-order valence-electron chi connectivity index (χ3n) is 4.24. The molecule has 3 rings (SSSR count). The average Bonchev–Trinajstić information content (AvgIpc) is 3.27. The van der Waals surface area contributed by atoms with E-state index in [4.69, 9.17) is 36.6 Å². The molecule has 0 radical (unpaired) electrons. The predicted molar refractivity (Wildman–Crippen MR) is 127 cm³/mol. The number of hydrogen-bond donors (Lipinski definition) is 3. The molecule has 0 saturated heterocycles. The topological polar surface area (TPSA) is 144 Å². The first-order valence-electron chi connectivity index (χ1n) is 9.91. The van der Waals surface area contributed by atoms with Crippen LogP contribution in [0.15, 0.2) is 30.3 Å². The molecule has 1 heterocycles. The van der Waals surface area contributed by atoms with E-state index >= 15 is 0 Å². The molecule has 0 aliphatic heterocycles. The van der Waals surface area contributed by atoms with Crippen LogP contribution in [0.2, 0.25) is 5.02 Å². The van der Waals surface area contributed by atoms with Gasteiger partial charge in [0.1, 0.15) is 28.4 Å². The van der Waals surface area contributed by atoms with E-state index < -0.39 is 20.5 Å². The number of benzene rings is 2. The summed E-state index contributed by atoms with van der Waals surface area (Å²) >= 11 is 7.53. The first-order valence-corrected chi connectivity index (χ1v) is 12.3. The Morgan fingerprint density at radius 3 is 2.59 bits per heavy atom. The number of nitriles is 1. The van der Waals surface area contributed by atoms with E-state index in [-0.39, 0.29) is 30.1 Å². The summed E-state index contributed by atoms with van der Waals surface area (Å²) < 4.78 is 30.2. The number of hydrogen-bond acceptors (Lipinski definition) is 10. The van der Waals surface area contributed by atoms with E-state index in [0.717, 1.165) is 0 Å². The summed E-state index contributed by atoms with van der Waals surface area (Å²) in [5.41, 5.74) is 7.09. The van der Waals surface area contributed by atoms with Gasteiger partial charge in [-0.1, -0.05) is 22.9 Å².